The molecule has 0 aliphatic rings. The Balaban J connectivity index is 1.56. The van der Waals surface area contributed by atoms with Crippen molar-refractivity contribution >= 4 is 23.4 Å². The van der Waals surface area contributed by atoms with Crippen LogP contribution in [0, 0.1) is 13.8 Å². The van der Waals surface area contributed by atoms with Crippen molar-refractivity contribution in [2.45, 2.75) is 27.2 Å². The van der Waals surface area contributed by atoms with Crippen LogP contribution in [0.5, 0.6) is 0 Å². The summed E-state index contributed by atoms with van der Waals surface area (Å²) in [5.41, 5.74) is 4.52. The molecule has 3 N–H and O–H groups in total. The number of nitrogens with one attached hydrogen (secondary N) is 3. The molecule has 0 radical (unpaired) electrons. The average Bonchev–Trinajstić information content (AvgIpc) is 3.18. The molecule has 0 saturated carbocycles. The summed E-state index contributed by atoms with van der Waals surface area (Å²) in [6, 6.07) is 17.2. The van der Waals surface area contributed by atoms with E-state index in [2.05, 4.69) is 15.8 Å². The van der Waals surface area contributed by atoms with E-state index < -0.39 is 0 Å². The minimum absolute atomic E-state index is 0.119. The number of aromatic nitrogens is 1. The third kappa shape index (κ3) is 6.52. The van der Waals surface area contributed by atoms with Crippen molar-refractivity contribution in [3.05, 3.63) is 65.7 Å². The first-order chi connectivity index (χ1) is 14.9. The molecule has 0 fully saturated rings. The van der Waals surface area contributed by atoms with E-state index in [0.717, 1.165) is 33.7 Å². The maximum Gasteiger partial charge on any atom is 0.281 e. The highest BCUT2D eigenvalue weighted by molar-refractivity contribution is 5.93. The van der Waals surface area contributed by atoms with E-state index in [1.54, 1.807) is 6.07 Å². The second kappa shape index (κ2) is 10.5. The van der Waals surface area contributed by atoms with E-state index in [9.17, 15) is 9.59 Å². The van der Waals surface area contributed by atoms with Gasteiger partial charge in [-0.3, -0.25) is 14.9 Å². The van der Waals surface area contributed by atoms with Gasteiger partial charge in [0.15, 0.2) is 13.1 Å². The summed E-state index contributed by atoms with van der Waals surface area (Å²) in [7, 11) is 0. The van der Waals surface area contributed by atoms with Gasteiger partial charge < -0.3 is 14.7 Å². The Labute approximate surface area is 182 Å². The van der Waals surface area contributed by atoms with Crippen LogP contribution in [0.1, 0.15) is 24.5 Å². The molecule has 0 aliphatic carbocycles. The molecular weight excluding hydrogens is 392 g/mol. The Kier molecular flexibility index (Phi) is 7.56. The number of rotatable bonds is 9. The number of anilines is 2. The molecule has 31 heavy (non-hydrogen) atoms. The number of amides is 2. The van der Waals surface area contributed by atoms with Gasteiger partial charge in [-0.15, -0.1) is 0 Å². The summed E-state index contributed by atoms with van der Waals surface area (Å²) < 4.78 is 5.26. The summed E-state index contributed by atoms with van der Waals surface area (Å²) in [6.45, 7) is 7.07. The average molecular weight is 422 g/mol. The lowest BCUT2D eigenvalue weighted by Crippen LogP contribution is -3.14. The van der Waals surface area contributed by atoms with Crippen molar-refractivity contribution in [2.75, 3.05) is 30.3 Å². The van der Waals surface area contributed by atoms with Crippen LogP contribution < -0.4 is 15.5 Å². The normalized spacial score (nSPS) is 11.7. The molecule has 3 rings (SSSR count). The molecule has 1 heterocycles. The Morgan fingerprint density at radius 1 is 0.968 bits per heavy atom. The van der Waals surface area contributed by atoms with Gasteiger partial charge in [0.1, 0.15) is 5.69 Å². The second-order valence-corrected chi connectivity index (χ2v) is 7.71. The maximum atomic E-state index is 12.5. The molecule has 7 nitrogen and oxygen atoms in total. The van der Waals surface area contributed by atoms with Gasteiger partial charge in [0.05, 0.1) is 6.54 Å². The van der Waals surface area contributed by atoms with Crippen LogP contribution in [0.4, 0.5) is 11.6 Å². The lowest BCUT2D eigenvalue weighted by atomic mass is 10.1. The number of aryl methyl sites for hydroxylation is 2. The van der Waals surface area contributed by atoms with E-state index in [0.29, 0.717) is 18.1 Å². The summed E-state index contributed by atoms with van der Waals surface area (Å²) in [5, 5.41) is 9.70. The molecule has 3 aromatic rings. The molecule has 2 aromatic carbocycles. The van der Waals surface area contributed by atoms with Crippen molar-refractivity contribution in [1.29, 1.82) is 0 Å². The first-order valence-electron chi connectivity index (χ1n) is 10.5. The maximum absolute atomic E-state index is 12.5. The number of nitrogens with zero attached hydrogens (tertiary/aromatic N) is 1. The van der Waals surface area contributed by atoms with E-state index in [1.807, 2.05) is 69.3 Å². The zero-order valence-electron chi connectivity index (χ0n) is 18.2. The Morgan fingerprint density at radius 3 is 2.32 bits per heavy atom. The number of carbonyl (C=O) groups excluding carboxylic acids is 2. The smallest absolute Gasteiger partial charge is 0.281 e. The monoisotopic (exact) mass is 421 g/mol. The van der Waals surface area contributed by atoms with Crippen LogP contribution >= 0.6 is 0 Å². The molecule has 0 saturated heterocycles. The minimum atomic E-state index is -0.223. The predicted octanol–water partition coefficient (Wildman–Crippen LogP) is 2.83. The second-order valence-electron chi connectivity index (χ2n) is 7.71. The number of hydrogen-bond acceptors (Lipinski definition) is 4. The van der Waals surface area contributed by atoms with Gasteiger partial charge in [0.2, 0.25) is 5.88 Å². The molecule has 1 unspecified atom stereocenters. The highest BCUT2D eigenvalue weighted by atomic mass is 16.5. The fourth-order valence-corrected chi connectivity index (χ4v) is 3.33. The summed E-state index contributed by atoms with van der Waals surface area (Å²) in [4.78, 5) is 25.9. The van der Waals surface area contributed by atoms with E-state index in [4.69, 9.17) is 4.52 Å². The van der Waals surface area contributed by atoms with Crippen LogP contribution in [0.15, 0.2) is 59.1 Å². The number of benzene rings is 2. The van der Waals surface area contributed by atoms with Gasteiger partial charge in [-0.1, -0.05) is 60.1 Å². The van der Waals surface area contributed by atoms with Gasteiger partial charge in [-0.25, -0.2) is 0 Å². The topological polar surface area (TPSA) is 88.7 Å². The van der Waals surface area contributed by atoms with Gasteiger partial charge in [-0.05, 0) is 31.9 Å². The largest absolute Gasteiger partial charge is 0.338 e. The summed E-state index contributed by atoms with van der Waals surface area (Å²) in [6.07, 6.45) is 0.861. The molecule has 1 aromatic heterocycles. The van der Waals surface area contributed by atoms with Crippen LogP contribution in [-0.2, 0) is 9.59 Å². The SMILES string of the molecule is CCC[NH+](CC(=O)Nc1cc(-c2ccc(C)cc2)no1)CC(=O)Nc1ccccc1C. The van der Waals surface area contributed by atoms with Crippen molar-refractivity contribution in [3.63, 3.8) is 0 Å². The number of carbonyl (C=O) groups is 2. The predicted molar refractivity (Wildman–Crippen MR) is 121 cm³/mol. The third-order valence-corrected chi connectivity index (χ3v) is 4.96. The van der Waals surface area contributed by atoms with Crippen molar-refractivity contribution in [1.82, 2.24) is 5.16 Å². The van der Waals surface area contributed by atoms with Gasteiger partial charge in [0.25, 0.3) is 11.8 Å². The lowest BCUT2D eigenvalue weighted by molar-refractivity contribution is -0.883. The van der Waals surface area contributed by atoms with E-state index >= 15 is 0 Å². The molecule has 2 amide bonds. The third-order valence-electron chi connectivity index (χ3n) is 4.96. The van der Waals surface area contributed by atoms with Crippen LogP contribution in [-0.4, -0.2) is 36.6 Å². The minimum Gasteiger partial charge on any atom is -0.338 e. The van der Waals surface area contributed by atoms with Crippen molar-refractivity contribution in [3.8, 4) is 11.3 Å². The molecular formula is C24H29N4O3+. The Hall–Kier alpha value is -3.45. The number of para-hydroxylation sites is 1. The zero-order valence-corrected chi connectivity index (χ0v) is 18.2. The molecule has 0 bridgehead atoms. The first-order valence-corrected chi connectivity index (χ1v) is 10.5. The van der Waals surface area contributed by atoms with Gasteiger partial charge in [-0.2, -0.15) is 0 Å². The standard InChI is InChI=1S/C24H28N4O3/c1-4-13-28(15-22(29)25-20-8-6-5-7-18(20)3)16-23(30)26-24-14-21(27-31-24)19-11-9-17(2)10-12-19/h5-12,14H,4,13,15-16H2,1-3H3,(H,25,29)(H,26,30)/p+1. The molecule has 7 heteroatoms. The fraction of sp³-hybridized carbons (Fsp3) is 0.292. The van der Waals surface area contributed by atoms with Gasteiger partial charge in [0, 0.05) is 17.3 Å². The Bertz CT molecular complexity index is 1030. The van der Waals surface area contributed by atoms with Crippen LogP contribution in [0.3, 0.4) is 0 Å². The summed E-state index contributed by atoms with van der Waals surface area (Å²) in [5.74, 6) is -0.0496. The van der Waals surface area contributed by atoms with Crippen molar-refractivity contribution < 1.29 is 19.0 Å². The first kappa shape index (κ1) is 22.2. The van der Waals surface area contributed by atoms with E-state index in [-0.39, 0.29) is 24.9 Å². The molecule has 1 atom stereocenters. The lowest BCUT2D eigenvalue weighted by Gasteiger charge is -2.18. The van der Waals surface area contributed by atoms with E-state index in [1.165, 1.54) is 0 Å². The van der Waals surface area contributed by atoms with Crippen LogP contribution in [0.2, 0.25) is 0 Å². The summed E-state index contributed by atoms with van der Waals surface area (Å²) >= 11 is 0. The molecule has 0 aliphatic heterocycles. The number of quaternary nitrogens is 1. The highest BCUT2D eigenvalue weighted by Gasteiger charge is 2.19. The zero-order chi connectivity index (χ0) is 22.2. The quantitative estimate of drug-likeness (QED) is 0.496. The molecule has 0 spiro atoms. The van der Waals surface area contributed by atoms with Crippen molar-refractivity contribution in [2.24, 2.45) is 0 Å². The molecule has 162 valence electrons. The van der Waals surface area contributed by atoms with Crippen LogP contribution in [0.25, 0.3) is 11.3 Å². The van der Waals surface area contributed by atoms with Gasteiger partial charge >= 0.3 is 0 Å². The highest BCUT2D eigenvalue weighted by Crippen LogP contribution is 2.21. The number of hydrogen-bond donors (Lipinski definition) is 3. The fourth-order valence-electron chi connectivity index (χ4n) is 3.33. The Morgan fingerprint density at radius 2 is 1.65 bits per heavy atom.